The maximum Gasteiger partial charge on any atom is 0.241 e. The maximum absolute atomic E-state index is 13.0. The molecule has 0 unspecified atom stereocenters. The molecule has 29 heavy (non-hydrogen) atoms. The van der Waals surface area contributed by atoms with Gasteiger partial charge in [0.05, 0.1) is 38.3 Å². The Bertz CT molecular complexity index is 989. The molecule has 0 aliphatic carbocycles. The molecule has 2 aromatic rings. The van der Waals surface area contributed by atoms with Crippen LogP contribution >= 0.6 is 0 Å². The van der Waals surface area contributed by atoms with E-state index in [9.17, 15) is 13.2 Å². The second kappa shape index (κ2) is 7.68. The van der Waals surface area contributed by atoms with Crippen LogP contribution < -0.4 is 14.4 Å². The average molecular weight is 416 g/mol. The van der Waals surface area contributed by atoms with Crippen molar-refractivity contribution in [2.45, 2.75) is 18.6 Å². The SMILES string of the molecule is COc1ccc(CN2CC(=O)N(c3ccc(OC)cc3)[C@H]3CS(=O)(=O)C[C@H]32)cc1. The van der Waals surface area contributed by atoms with Crippen LogP contribution in [-0.2, 0) is 21.2 Å². The molecule has 2 aliphatic heterocycles. The average Bonchev–Trinajstić information content (AvgIpc) is 3.04. The highest BCUT2D eigenvalue weighted by Crippen LogP contribution is 2.33. The second-order valence-corrected chi connectivity index (χ2v) is 9.58. The van der Waals surface area contributed by atoms with Gasteiger partial charge >= 0.3 is 0 Å². The molecule has 0 radical (unpaired) electrons. The van der Waals surface area contributed by atoms with E-state index >= 15 is 0 Å². The number of piperazine rings is 1. The summed E-state index contributed by atoms with van der Waals surface area (Å²) in [5.74, 6) is 1.40. The topological polar surface area (TPSA) is 76.2 Å². The van der Waals surface area contributed by atoms with E-state index < -0.39 is 15.9 Å². The summed E-state index contributed by atoms with van der Waals surface area (Å²) in [6.07, 6.45) is 0. The largest absolute Gasteiger partial charge is 0.497 e. The van der Waals surface area contributed by atoms with Gasteiger partial charge < -0.3 is 14.4 Å². The number of benzene rings is 2. The highest BCUT2D eigenvalue weighted by Gasteiger charge is 2.49. The molecule has 7 nitrogen and oxygen atoms in total. The van der Waals surface area contributed by atoms with Gasteiger partial charge in [0.25, 0.3) is 0 Å². The standard InChI is InChI=1S/C21H24N2O5S/c1-27-17-7-3-15(4-8-17)11-22-12-21(24)23(16-5-9-18(28-2)10-6-16)20-14-29(25,26)13-19(20)22/h3-10,19-20H,11-14H2,1-2H3/t19-,20+/m1/s1. The number of fused-ring (bicyclic) bond motifs is 1. The molecular formula is C21H24N2O5S. The van der Waals surface area contributed by atoms with E-state index in [2.05, 4.69) is 0 Å². The minimum absolute atomic E-state index is 0.0193. The third-order valence-electron chi connectivity index (χ3n) is 5.60. The highest BCUT2D eigenvalue weighted by molar-refractivity contribution is 7.91. The molecule has 2 aliphatic rings. The van der Waals surface area contributed by atoms with E-state index in [1.54, 1.807) is 43.4 Å². The van der Waals surface area contributed by atoms with Crippen molar-refractivity contribution in [3.05, 3.63) is 54.1 Å². The Morgan fingerprint density at radius 3 is 2.03 bits per heavy atom. The fourth-order valence-electron chi connectivity index (χ4n) is 4.17. The van der Waals surface area contributed by atoms with Gasteiger partial charge in [-0.05, 0) is 42.0 Å². The normalized spacial score (nSPS) is 23.7. The summed E-state index contributed by atoms with van der Waals surface area (Å²) < 4.78 is 35.3. The Kier molecular flexibility index (Phi) is 5.23. The van der Waals surface area contributed by atoms with E-state index in [0.29, 0.717) is 18.0 Å². The van der Waals surface area contributed by atoms with E-state index in [4.69, 9.17) is 9.47 Å². The fourth-order valence-corrected chi connectivity index (χ4v) is 6.16. The first-order valence-corrected chi connectivity index (χ1v) is 11.3. The van der Waals surface area contributed by atoms with E-state index in [0.717, 1.165) is 11.3 Å². The van der Waals surface area contributed by atoms with E-state index in [-0.39, 0.29) is 30.0 Å². The Morgan fingerprint density at radius 2 is 1.45 bits per heavy atom. The first kappa shape index (κ1) is 19.7. The number of rotatable bonds is 5. The van der Waals surface area contributed by atoms with Crippen molar-refractivity contribution >= 4 is 21.4 Å². The van der Waals surface area contributed by atoms with Crippen LogP contribution in [0.1, 0.15) is 5.56 Å². The molecule has 0 aromatic heterocycles. The quantitative estimate of drug-likeness (QED) is 0.739. The first-order chi connectivity index (χ1) is 13.9. The Labute approximate surface area is 170 Å². The number of methoxy groups -OCH3 is 2. The zero-order chi connectivity index (χ0) is 20.6. The van der Waals surface area contributed by atoms with Crippen molar-refractivity contribution in [3.63, 3.8) is 0 Å². The van der Waals surface area contributed by atoms with Gasteiger partial charge in [0, 0.05) is 18.3 Å². The van der Waals surface area contributed by atoms with Crippen molar-refractivity contribution < 1.29 is 22.7 Å². The van der Waals surface area contributed by atoms with Crippen LogP contribution in [0.4, 0.5) is 5.69 Å². The van der Waals surface area contributed by atoms with Crippen molar-refractivity contribution in [1.82, 2.24) is 4.90 Å². The first-order valence-electron chi connectivity index (χ1n) is 9.44. The summed E-state index contributed by atoms with van der Waals surface area (Å²) in [6, 6.07) is 14.2. The van der Waals surface area contributed by atoms with Gasteiger partial charge in [-0.2, -0.15) is 0 Å². The molecule has 0 spiro atoms. The maximum atomic E-state index is 13.0. The lowest BCUT2D eigenvalue weighted by molar-refractivity contribution is -0.123. The summed E-state index contributed by atoms with van der Waals surface area (Å²) in [4.78, 5) is 16.7. The number of ether oxygens (including phenoxy) is 2. The lowest BCUT2D eigenvalue weighted by Crippen LogP contribution is -2.61. The monoisotopic (exact) mass is 416 g/mol. The third-order valence-corrected chi connectivity index (χ3v) is 7.30. The summed E-state index contributed by atoms with van der Waals surface area (Å²) in [6.45, 7) is 0.692. The molecule has 0 bridgehead atoms. The predicted octanol–water partition coefficient (Wildman–Crippen LogP) is 1.72. The van der Waals surface area contributed by atoms with Gasteiger partial charge in [-0.1, -0.05) is 12.1 Å². The number of amides is 1. The summed E-state index contributed by atoms with van der Waals surface area (Å²) in [5, 5.41) is 0. The van der Waals surface area contributed by atoms with Crippen molar-refractivity contribution in [1.29, 1.82) is 0 Å². The molecule has 2 aromatic carbocycles. The zero-order valence-electron chi connectivity index (χ0n) is 16.4. The van der Waals surface area contributed by atoms with Crippen LogP contribution in [0.3, 0.4) is 0 Å². The summed E-state index contributed by atoms with van der Waals surface area (Å²) in [7, 11) is -0.0299. The number of anilines is 1. The molecule has 0 N–H and O–H groups in total. The Morgan fingerprint density at radius 1 is 0.897 bits per heavy atom. The number of carbonyl (C=O) groups is 1. The van der Waals surface area contributed by atoms with Gasteiger partial charge in [0.2, 0.25) is 5.91 Å². The highest BCUT2D eigenvalue weighted by atomic mass is 32.2. The van der Waals surface area contributed by atoms with Gasteiger partial charge in [-0.25, -0.2) is 8.42 Å². The summed E-state index contributed by atoms with van der Waals surface area (Å²) in [5.41, 5.74) is 1.71. The zero-order valence-corrected chi connectivity index (χ0v) is 17.3. The molecule has 2 heterocycles. The minimum atomic E-state index is -3.22. The number of nitrogens with zero attached hydrogens (tertiary/aromatic N) is 2. The molecule has 154 valence electrons. The molecule has 2 fully saturated rings. The van der Waals surface area contributed by atoms with Crippen LogP contribution in [0.15, 0.2) is 48.5 Å². The third kappa shape index (κ3) is 3.95. The lowest BCUT2D eigenvalue weighted by Gasteiger charge is -2.43. The Balaban J connectivity index is 1.61. The predicted molar refractivity (Wildman–Crippen MR) is 110 cm³/mol. The lowest BCUT2D eigenvalue weighted by atomic mass is 10.0. The molecule has 2 atom stereocenters. The molecule has 4 rings (SSSR count). The fraction of sp³-hybridized carbons (Fsp3) is 0.381. The van der Waals surface area contributed by atoms with Gasteiger partial charge in [-0.15, -0.1) is 0 Å². The van der Waals surface area contributed by atoms with Gasteiger partial charge in [0.15, 0.2) is 9.84 Å². The van der Waals surface area contributed by atoms with Crippen molar-refractivity contribution in [2.75, 3.05) is 37.2 Å². The van der Waals surface area contributed by atoms with Crippen LogP contribution in [0, 0.1) is 0 Å². The van der Waals surface area contributed by atoms with Gasteiger partial charge in [0.1, 0.15) is 11.5 Å². The molecule has 2 saturated heterocycles. The number of sulfone groups is 1. The number of hydrogen-bond acceptors (Lipinski definition) is 6. The van der Waals surface area contributed by atoms with Crippen molar-refractivity contribution in [2.24, 2.45) is 0 Å². The molecule has 1 amide bonds. The summed E-state index contributed by atoms with van der Waals surface area (Å²) >= 11 is 0. The minimum Gasteiger partial charge on any atom is -0.497 e. The van der Waals surface area contributed by atoms with Crippen LogP contribution in [0.25, 0.3) is 0 Å². The van der Waals surface area contributed by atoms with E-state index in [1.165, 1.54) is 0 Å². The smallest absolute Gasteiger partial charge is 0.241 e. The van der Waals surface area contributed by atoms with E-state index in [1.807, 2.05) is 29.2 Å². The van der Waals surface area contributed by atoms with Crippen molar-refractivity contribution in [3.8, 4) is 11.5 Å². The molecule has 0 saturated carbocycles. The van der Waals surface area contributed by atoms with Crippen LogP contribution in [0.2, 0.25) is 0 Å². The van der Waals surface area contributed by atoms with Gasteiger partial charge in [-0.3, -0.25) is 9.69 Å². The van der Waals surface area contributed by atoms with Crippen LogP contribution in [0.5, 0.6) is 11.5 Å². The number of carbonyl (C=O) groups excluding carboxylic acids is 1. The molecular weight excluding hydrogens is 392 g/mol. The Hall–Kier alpha value is -2.58. The second-order valence-electron chi connectivity index (χ2n) is 7.43. The van der Waals surface area contributed by atoms with Crippen LogP contribution in [-0.4, -0.2) is 63.6 Å². The molecule has 8 heteroatoms. The number of hydrogen-bond donors (Lipinski definition) is 0.